The fourth-order valence-electron chi connectivity index (χ4n) is 4.16. The summed E-state index contributed by atoms with van der Waals surface area (Å²) in [4.78, 5) is 14.9. The highest BCUT2D eigenvalue weighted by Gasteiger charge is 2.35. The van der Waals surface area contributed by atoms with Crippen molar-refractivity contribution in [3.63, 3.8) is 0 Å². The fourth-order valence-corrected chi connectivity index (χ4v) is 5.88. The van der Waals surface area contributed by atoms with Gasteiger partial charge in [-0.15, -0.1) is 0 Å². The number of hydrogen-bond acceptors (Lipinski definition) is 5. The summed E-state index contributed by atoms with van der Waals surface area (Å²) in [5.41, 5.74) is 3.22. The monoisotopic (exact) mass is 406 g/mol. The van der Waals surface area contributed by atoms with E-state index in [4.69, 9.17) is 4.52 Å². The fraction of sp³-hybridized carbons (Fsp3) is 0.579. The van der Waals surface area contributed by atoms with E-state index in [2.05, 4.69) is 9.72 Å². The largest absolute Gasteiger partial charge is 0.360 e. The van der Waals surface area contributed by atoms with Crippen LogP contribution in [0.25, 0.3) is 0 Å². The first-order valence-electron chi connectivity index (χ1n) is 9.62. The van der Waals surface area contributed by atoms with E-state index in [0.29, 0.717) is 30.6 Å². The van der Waals surface area contributed by atoms with Crippen LogP contribution in [-0.2, 0) is 10.0 Å². The lowest BCUT2D eigenvalue weighted by molar-refractivity contribution is 0.0697. The Balaban J connectivity index is 1.49. The highest BCUT2D eigenvalue weighted by atomic mass is 32.2. The first-order valence-corrected chi connectivity index (χ1v) is 11.1. The maximum atomic E-state index is 13.0. The minimum Gasteiger partial charge on any atom is -0.360 e. The van der Waals surface area contributed by atoms with Crippen molar-refractivity contribution < 1.29 is 17.7 Å². The standard InChI is InChI=1S/C19H26N4O4S/c1-12-11-17(14(3)23(12)16-5-6-16)19(24)21-7-9-22(10-8-21)28(25,26)18-13(2)20-27-15(18)4/h11,16H,5-10H2,1-4H3. The zero-order chi connectivity index (χ0) is 20.2. The van der Waals surface area contributed by atoms with Gasteiger partial charge in [-0.3, -0.25) is 4.79 Å². The minimum atomic E-state index is -3.67. The molecule has 1 saturated heterocycles. The van der Waals surface area contributed by atoms with Crippen molar-refractivity contribution in [3.8, 4) is 0 Å². The van der Waals surface area contributed by atoms with Gasteiger partial charge in [-0.05, 0) is 46.6 Å². The first-order chi connectivity index (χ1) is 13.2. The summed E-state index contributed by atoms with van der Waals surface area (Å²) in [7, 11) is -3.67. The maximum Gasteiger partial charge on any atom is 0.255 e. The summed E-state index contributed by atoms with van der Waals surface area (Å²) < 4.78 is 34.6. The van der Waals surface area contributed by atoms with E-state index in [-0.39, 0.29) is 23.9 Å². The SMILES string of the molecule is Cc1noc(C)c1S(=O)(=O)N1CCN(C(=O)c2cc(C)n(C3CC3)c2C)CC1. The number of rotatable bonds is 4. The van der Waals surface area contributed by atoms with Crippen LogP contribution in [0.5, 0.6) is 0 Å². The predicted octanol–water partition coefficient (Wildman–Crippen LogP) is 2.19. The average molecular weight is 407 g/mol. The summed E-state index contributed by atoms with van der Waals surface area (Å²) in [5.74, 6) is 0.276. The van der Waals surface area contributed by atoms with Crippen molar-refractivity contribution in [1.82, 2.24) is 18.9 Å². The minimum absolute atomic E-state index is 0.0191. The van der Waals surface area contributed by atoms with E-state index in [1.165, 1.54) is 17.1 Å². The van der Waals surface area contributed by atoms with Crippen LogP contribution in [0.2, 0.25) is 0 Å². The molecule has 0 radical (unpaired) electrons. The van der Waals surface area contributed by atoms with Gasteiger partial charge in [0.1, 0.15) is 10.6 Å². The smallest absolute Gasteiger partial charge is 0.255 e. The molecule has 3 heterocycles. The quantitative estimate of drug-likeness (QED) is 0.777. The lowest BCUT2D eigenvalue weighted by atomic mass is 10.2. The van der Waals surface area contributed by atoms with Crippen LogP contribution >= 0.6 is 0 Å². The second-order valence-corrected chi connectivity index (χ2v) is 9.61. The van der Waals surface area contributed by atoms with E-state index >= 15 is 0 Å². The predicted molar refractivity (Wildman–Crippen MR) is 103 cm³/mol. The molecule has 0 unspecified atom stereocenters. The van der Waals surface area contributed by atoms with Crippen LogP contribution < -0.4 is 0 Å². The summed E-state index contributed by atoms with van der Waals surface area (Å²) in [6.07, 6.45) is 2.34. The van der Waals surface area contributed by atoms with Gasteiger partial charge in [0.15, 0.2) is 5.76 Å². The maximum absolute atomic E-state index is 13.0. The van der Waals surface area contributed by atoms with E-state index in [1.807, 2.05) is 19.9 Å². The Hall–Kier alpha value is -2.13. The van der Waals surface area contributed by atoms with Crippen LogP contribution in [0.15, 0.2) is 15.5 Å². The first kappa shape index (κ1) is 19.2. The van der Waals surface area contributed by atoms with Gasteiger partial charge in [0, 0.05) is 43.6 Å². The number of amides is 1. The molecule has 1 saturated carbocycles. The molecule has 2 fully saturated rings. The molecular formula is C19H26N4O4S. The molecule has 0 aromatic carbocycles. The van der Waals surface area contributed by atoms with Gasteiger partial charge < -0.3 is 14.0 Å². The van der Waals surface area contributed by atoms with Crippen LogP contribution in [0.4, 0.5) is 0 Å². The molecular weight excluding hydrogens is 380 g/mol. The summed E-state index contributed by atoms with van der Waals surface area (Å²) in [6.45, 7) is 8.52. The highest BCUT2D eigenvalue weighted by Crippen LogP contribution is 2.38. The molecule has 1 aliphatic heterocycles. The molecule has 8 nitrogen and oxygen atoms in total. The van der Waals surface area contributed by atoms with Crippen molar-refractivity contribution in [1.29, 1.82) is 0 Å². The third-order valence-electron chi connectivity index (χ3n) is 5.72. The van der Waals surface area contributed by atoms with Gasteiger partial charge in [-0.25, -0.2) is 8.42 Å². The summed E-state index contributed by atoms with van der Waals surface area (Å²) in [5, 5.41) is 3.75. The van der Waals surface area contributed by atoms with E-state index in [0.717, 1.165) is 17.0 Å². The molecule has 0 bridgehead atoms. The van der Waals surface area contributed by atoms with Crippen molar-refractivity contribution >= 4 is 15.9 Å². The number of sulfonamides is 1. The molecule has 2 aromatic heterocycles. The zero-order valence-corrected chi connectivity index (χ0v) is 17.5. The van der Waals surface area contributed by atoms with Crippen LogP contribution in [-0.4, -0.2) is 59.4 Å². The summed E-state index contributed by atoms with van der Waals surface area (Å²) >= 11 is 0. The van der Waals surface area contributed by atoms with Crippen molar-refractivity contribution in [2.75, 3.05) is 26.2 Å². The number of aryl methyl sites for hydroxylation is 3. The molecule has 2 aliphatic rings. The number of hydrogen-bond donors (Lipinski definition) is 0. The van der Waals surface area contributed by atoms with Crippen LogP contribution in [0.3, 0.4) is 0 Å². The Morgan fingerprint density at radius 2 is 1.75 bits per heavy atom. The average Bonchev–Trinajstić information content (AvgIpc) is 3.36. The Bertz CT molecular complexity index is 1010. The summed E-state index contributed by atoms with van der Waals surface area (Å²) in [6, 6.07) is 2.49. The normalized spacial score (nSPS) is 18.6. The molecule has 2 aromatic rings. The van der Waals surface area contributed by atoms with Gasteiger partial charge >= 0.3 is 0 Å². The van der Waals surface area contributed by atoms with Crippen LogP contribution in [0, 0.1) is 27.7 Å². The van der Waals surface area contributed by atoms with Gasteiger partial charge in [-0.1, -0.05) is 5.16 Å². The second-order valence-electron chi connectivity index (χ2n) is 7.74. The molecule has 0 N–H and O–H groups in total. The van der Waals surface area contributed by atoms with Gasteiger partial charge in [0.2, 0.25) is 10.0 Å². The lowest BCUT2D eigenvalue weighted by Crippen LogP contribution is -2.50. The number of piperazine rings is 1. The van der Waals surface area contributed by atoms with Gasteiger partial charge in [0.25, 0.3) is 5.91 Å². The zero-order valence-electron chi connectivity index (χ0n) is 16.7. The topological polar surface area (TPSA) is 88.7 Å². The van der Waals surface area contributed by atoms with Crippen molar-refractivity contribution in [3.05, 3.63) is 34.5 Å². The number of carbonyl (C=O) groups excluding carboxylic acids is 1. The molecule has 0 spiro atoms. The molecule has 0 atom stereocenters. The van der Waals surface area contributed by atoms with Crippen molar-refractivity contribution in [2.24, 2.45) is 0 Å². The third-order valence-corrected chi connectivity index (χ3v) is 7.86. The molecule has 4 rings (SSSR count). The third kappa shape index (κ3) is 3.06. The molecule has 9 heteroatoms. The number of carbonyl (C=O) groups is 1. The Morgan fingerprint density at radius 1 is 1.11 bits per heavy atom. The molecule has 152 valence electrons. The van der Waals surface area contributed by atoms with E-state index in [1.54, 1.807) is 18.7 Å². The lowest BCUT2D eigenvalue weighted by Gasteiger charge is -2.34. The molecule has 1 aliphatic carbocycles. The number of aromatic nitrogens is 2. The Kier molecular flexibility index (Phi) is 4.62. The van der Waals surface area contributed by atoms with Gasteiger partial charge in [-0.2, -0.15) is 4.31 Å². The van der Waals surface area contributed by atoms with Crippen molar-refractivity contribution in [2.45, 2.75) is 51.5 Å². The highest BCUT2D eigenvalue weighted by molar-refractivity contribution is 7.89. The Labute approximate surface area is 165 Å². The molecule has 1 amide bonds. The van der Waals surface area contributed by atoms with E-state index in [9.17, 15) is 13.2 Å². The Morgan fingerprint density at radius 3 is 2.29 bits per heavy atom. The molecule has 28 heavy (non-hydrogen) atoms. The number of nitrogens with zero attached hydrogens (tertiary/aromatic N) is 4. The van der Waals surface area contributed by atoms with E-state index < -0.39 is 10.0 Å². The van der Waals surface area contributed by atoms with Crippen LogP contribution in [0.1, 0.15) is 52.1 Å². The van der Waals surface area contributed by atoms with Gasteiger partial charge in [0.05, 0.1) is 5.56 Å². The second kappa shape index (κ2) is 6.73.